The van der Waals surface area contributed by atoms with Crippen LogP contribution in [0.1, 0.15) is 16.7 Å². The molecule has 3 aromatic carbocycles. The van der Waals surface area contributed by atoms with Crippen molar-refractivity contribution in [1.29, 1.82) is 0 Å². The molecule has 0 unspecified atom stereocenters. The molecule has 140 valence electrons. The Morgan fingerprint density at radius 3 is 1.17 bits per heavy atom. The molecule has 0 heterocycles. The van der Waals surface area contributed by atoms with Crippen molar-refractivity contribution in [3.63, 3.8) is 0 Å². The van der Waals surface area contributed by atoms with E-state index in [-0.39, 0.29) is 0 Å². The number of aliphatic imine (C=N–C) groups is 3. The topological polar surface area (TPSA) is 88.3 Å². The fourth-order valence-electron chi connectivity index (χ4n) is 3.53. The summed E-state index contributed by atoms with van der Waals surface area (Å²) in [5, 5.41) is 0. The van der Waals surface area contributed by atoms with Crippen LogP contribution in [0.2, 0.25) is 0 Å². The molecule has 0 N–H and O–H groups in total. The van der Waals surface area contributed by atoms with Gasteiger partial charge in [0.25, 0.3) is 0 Å². The highest BCUT2D eigenvalue weighted by molar-refractivity contribution is 5.55. The smallest absolute Gasteiger partial charge is 0.211 e. The Balaban J connectivity index is 2.60. The number of carbonyl (C=O) groups excluding carboxylic acids is 3. The molecule has 0 radical (unpaired) electrons. The van der Waals surface area contributed by atoms with Crippen molar-refractivity contribution < 1.29 is 14.4 Å². The Morgan fingerprint density at radius 1 is 0.483 bits per heavy atom. The van der Waals surface area contributed by atoms with Crippen molar-refractivity contribution in [1.82, 2.24) is 0 Å². The lowest BCUT2D eigenvalue weighted by atomic mass is 9.70. The second kappa shape index (κ2) is 8.66. The highest BCUT2D eigenvalue weighted by atomic mass is 16.1. The predicted molar refractivity (Wildman–Crippen MR) is 106 cm³/mol. The van der Waals surface area contributed by atoms with E-state index in [1.54, 1.807) is 97.1 Å². The quantitative estimate of drug-likeness (QED) is 0.461. The fraction of sp³-hybridized carbons (Fsp3) is 0.0870. The van der Waals surface area contributed by atoms with Crippen molar-refractivity contribution in [2.24, 2.45) is 15.0 Å². The lowest BCUT2D eigenvalue weighted by Crippen LogP contribution is -2.46. The molecule has 0 fully saturated rings. The molecular formula is C23H15N3O3. The first-order valence-corrected chi connectivity index (χ1v) is 8.69. The van der Waals surface area contributed by atoms with Gasteiger partial charge in [-0.2, -0.15) is 15.0 Å². The molecule has 0 atom stereocenters. The van der Waals surface area contributed by atoms with E-state index < -0.39 is 11.2 Å². The molecule has 29 heavy (non-hydrogen) atoms. The van der Waals surface area contributed by atoms with E-state index in [4.69, 9.17) is 0 Å². The first kappa shape index (κ1) is 19.6. The molecule has 0 saturated heterocycles. The molecule has 0 aromatic heterocycles. The number of hydrogen-bond acceptors (Lipinski definition) is 6. The van der Waals surface area contributed by atoms with Crippen LogP contribution in [0.4, 0.5) is 0 Å². The minimum atomic E-state index is -1.96. The van der Waals surface area contributed by atoms with Gasteiger partial charge in [-0.1, -0.05) is 91.0 Å². The van der Waals surface area contributed by atoms with Crippen LogP contribution in [0.3, 0.4) is 0 Å². The van der Waals surface area contributed by atoms with Crippen LogP contribution < -0.4 is 0 Å². The van der Waals surface area contributed by atoms with E-state index in [1.165, 1.54) is 12.2 Å². The van der Waals surface area contributed by atoms with E-state index in [1.807, 2.05) is 0 Å². The predicted octanol–water partition coefficient (Wildman–Crippen LogP) is 3.79. The zero-order chi connectivity index (χ0) is 20.6. The third-order valence-corrected chi connectivity index (χ3v) is 4.69. The lowest BCUT2D eigenvalue weighted by molar-refractivity contribution is 0.282. The van der Waals surface area contributed by atoms with Gasteiger partial charge in [0, 0.05) is 5.56 Å². The van der Waals surface area contributed by atoms with E-state index in [2.05, 4.69) is 15.0 Å². The van der Waals surface area contributed by atoms with Gasteiger partial charge in [0.1, 0.15) is 0 Å². The van der Waals surface area contributed by atoms with Gasteiger partial charge in [0.15, 0.2) is 5.54 Å². The standard InChI is InChI=1S/C23H15N3O3/c27-16-24-22(19-10-4-1-5-11-19,20-12-6-2-7-13-20)23(25-17-28,26-18-29)21-14-8-3-9-15-21/h1-15H. The minimum Gasteiger partial charge on any atom is -0.211 e. The van der Waals surface area contributed by atoms with Crippen molar-refractivity contribution >= 4 is 18.2 Å². The maximum absolute atomic E-state index is 11.7. The summed E-state index contributed by atoms with van der Waals surface area (Å²) < 4.78 is 0. The first-order chi connectivity index (χ1) is 14.2. The lowest BCUT2D eigenvalue weighted by Gasteiger charge is -2.41. The average molecular weight is 381 g/mol. The van der Waals surface area contributed by atoms with Crippen molar-refractivity contribution in [2.75, 3.05) is 0 Å². The third kappa shape index (κ3) is 3.27. The molecular weight excluding hydrogens is 366 g/mol. The summed E-state index contributed by atoms with van der Waals surface area (Å²) in [6.07, 6.45) is 4.61. The monoisotopic (exact) mass is 381 g/mol. The zero-order valence-corrected chi connectivity index (χ0v) is 15.2. The van der Waals surface area contributed by atoms with E-state index in [0.29, 0.717) is 16.7 Å². The fourth-order valence-corrected chi connectivity index (χ4v) is 3.53. The van der Waals surface area contributed by atoms with Crippen LogP contribution >= 0.6 is 0 Å². The molecule has 6 nitrogen and oxygen atoms in total. The molecule has 6 heteroatoms. The summed E-state index contributed by atoms with van der Waals surface area (Å²) >= 11 is 0. The van der Waals surface area contributed by atoms with Crippen LogP contribution in [-0.4, -0.2) is 18.2 Å². The highest BCUT2D eigenvalue weighted by Crippen LogP contribution is 2.51. The largest absolute Gasteiger partial charge is 0.238 e. The molecule has 0 aliphatic carbocycles. The zero-order valence-electron chi connectivity index (χ0n) is 15.2. The van der Waals surface area contributed by atoms with E-state index in [9.17, 15) is 14.4 Å². The van der Waals surface area contributed by atoms with Crippen molar-refractivity contribution in [2.45, 2.75) is 11.2 Å². The SMILES string of the molecule is O=C=NC(N=C=O)(c1ccccc1)C(N=C=O)(c1ccccc1)c1ccccc1. The van der Waals surface area contributed by atoms with Crippen LogP contribution in [0.25, 0.3) is 0 Å². The maximum Gasteiger partial charge on any atom is 0.238 e. The van der Waals surface area contributed by atoms with Crippen LogP contribution in [0, 0.1) is 0 Å². The molecule has 0 bridgehead atoms. The van der Waals surface area contributed by atoms with Crippen molar-refractivity contribution in [3.05, 3.63) is 108 Å². The Hall–Kier alpha value is -4.20. The molecule has 3 aromatic rings. The molecule has 0 aliphatic rings. The number of hydrogen-bond donors (Lipinski definition) is 0. The van der Waals surface area contributed by atoms with Gasteiger partial charge >= 0.3 is 0 Å². The average Bonchev–Trinajstić information content (AvgIpc) is 2.79. The molecule has 0 aliphatic heterocycles. The molecule has 0 amide bonds. The second-order valence-electron chi connectivity index (χ2n) is 6.09. The Morgan fingerprint density at radius 2 is 0.828 bits per heavy atom. The van der Waals surface area contributed by atoms with Crippen LogP contribution in [-0.2, 0) is 25.6 Å². The second-order valence-corrected chi connectivity index (χ2v) is 6.09. The van der Waals surface area contributed by atoms with Gasteiger partial charge in [-0.3, -0.25) is 0 Å². The number of benzene rings is 3. The summed E-state index contributed by atoms with van der Waals surface area (Å²) in [5.74, 6) is 0. The normalized spacial score (nSPS) is 12.4. The summed E-state index contributed by atoms with van der Waals surface area (Å²) in [6, 6.07) is 25.9. The number of rotatable bonds is 7. The van der Waals surface area contributed by atoms with E-state index >= 15 is 0 Å². The minimum absolute atomic E-state index is 0.360. The summed E-state index contributed by atoms with van der Waals surface area (Å²) in [5.41, 5.74) is -2.34. The van der Waals surface area contributed by atoms with Gasteiger partial charge in [-0.25, -0.2) is 14.4 Å². The van der Waals surface area contributed by atoms with Gasteiger partial charge in [0.05, 0.1) is 0 Å². The molecule has 0 spiro atoms. The maximum atomic E-state index is 11.7. The highest BCUT2D eigenvalue weighted by Gasteiger charge is 2.57. The van der Waals surface area contributed by atoms with Crippen LogP contribution in [0.5, 0.6) is 0 Å². The van der Waals surface area contributed by atoms with Gasteiger partial charge in [0.2, 0.25) is 23.9 Å². The molecule has 3 rings (SSSR count). The number of isocyanates is 3. The number of nitrogens with zero attached hydrogens (tertiary/aromatic N) is 3. The summed E-state index contributed by atoms with van der Waals surface area (Å²) in [6.45, 7) is 0. The van der Waals surface area contributed by atoms with Gasteiger partial charge in [-0.15, -0.1) is 0 Å². The van der Waals surface area contributed by atoms with E-state index in [0.717, 1.165) is 0 Å². The third-order valence-electron chi connectivity index (χ3n) is 4.69. The molecule has 0 saturated carbocycles. The Kier molecular flexibility index (Phi) is 5.84. The summed E-state index contributed by atoms with van der Waals surface area (Å²) in [7, 11) is 0. The van der Waals surface area contributed by atoms with Crippen molar-refractivity contribution in [3.8, 4) is 0 Å². The Labute approximate surface area is 167 Å². The first-order valence-electron chi connectivity index (χ1n) is 8.69. The summed E-state index contributed by atoms with van der Waals surface area (Å²) in [4.78, 5) is 46.8. The van der Waals surface area contributed by atoms with Crippen LogP contribution in [0.15, 0.2) is 106 Å². The Bertz CT molecular complexity index is 1050. The van der Waals surface area contributed by atoms with Gasteiger partial charge < -0.3 is 0 Å². The van der Waals surface area contributed by atoms with Gasteiger partial charge in [-0.05, 0) is 11.1 Å².